The van der Waals surface area contributed by atoms with Crippen molar-refractivity contribution in [1.29, 1.82) is 0 Å². The molecule has 3 rings (SSSR count). The van der Waals surface area contributed by atoms with E-state index in [1.807, 2.05) is 19.0 Å². The highest BCUT2D eigenvalue weighted by atomic mass is 35.5. The van der Waals surface area contributed by atoms with Gasteiger partial charge in [-0.3, -0.25) is 0 Å². The summed E-state index contributed by atoms with van der Waals surface area (Å²) < 4.78 is 33.0. The molecule has 0 fully saturated rings. The third kappa shape index (κ3) is 3.18. The smallest absolute Gasteiger partial charge is 0.269 e. The van der Waals surface area contributed by atoms with E-state index in [2.05, 4.69) is 0 Å². The van der Waals surface area contributed by atoms with Crippen molar-refractivity contribution in [3.05, 3.63) is 58.2 Å². The highest BCUT2D eigenvalue weighted by molar-refractivity contribution is 7.90. The minimum atomic E-state index is -3.89. The van der Waals surface area contributed by atoms with Gasteiger partial charge in [-0.1, -0.05) is 29.3 Å². The predicted octanol–water partition coefficient (Wildman–Crippen LogP) is 4.26. The fraction of sp³-hybridized carbons (Fsp3) is 0.222. The van der Waals surface area contributed by atoms with Gasteiger partial charge >= 0.3 is 0 Å². The van der Waals surface area contributed by atoms with Crippen LogP contribution in [0.2, 0.25) is 10.0 Å². The molecular formula is C18H18Cl2N2O3S. The Hall–Kier alpha value is -1.73. The SMILES string of the molecule is COc1ccc2c(ccn2S(=O)(=O)c2cccc(Cl)c2Cl)c1CN(C)C. The lowest BCUT2D eigenvalue weighted by Gasteiger charge is -2.15. The predicted molar refractivity (Wildman–Crippen MR) is 105 cm³/mol. The van der Waals surface area contributed by atoms with Gasteiger partial charge in [-0.15, -0.1) is 0 Å². The Morgan fingerprint density at radius 2 is 1.85 bits per heavy atom. The van der Waals surface area contributed by atoms with Crippen LogP contribution in [0.25, 0.3) is 10.9 Å². The van der Waals surface area contributed by atoms with Crippen molar-refractivity contribution in [3.8, 4) is 5.75 Å². The molecule has 5 nitrogen and oxygen atoms in total. The second kappa shape index (κ2) is 7.12. The van der Waals surface area contributed by atoms with Crippen molar-refractivity contribution >= 4 is 44.1 Å². The summed E-state index contributed by atoms with van der Waals surface area (Å²) in [5.41, 5.74) is 1.47. The zero-order chi connectivity index (χ0) is 19.1. The zero-order valence-corrected chi connectivity index (χ0v) is 16.9. The topological polar surface area (TPSA) is 51.5 Å². The molecule has 0 N–H and O–H groups in total. The summed E-state index contributed by atoms with van der Waals surface area (Å²) in [5.74, 6) is 0.710. The first-order valence-electron chi connectivity index (χ1n) is 7.78. The van der Waals surface area contributed by atoms with Crippen molar-refractivity contribution in [1.82, 2.24) is 8.87 Å². The van der Waals surface area contributed by atoms with Gasteiger partial charge in [-0.05, 0) is 44.4 Å². The van der Waals surface area contributed by atoms with E-state index in [1.165, 1.54) is 16.2 Å². The zero-order valence-electron chi connectivity index (χ0n) is 14.5. The van der Waals surface area contributed by atoms with Gasteiger partial charge in [0.15, 0.2) is 0 Å². The van der Waals surface area contributed by atoms with Gasteiger partial charge < -0.3 is 9.64 Å². The molecule has 1 heterocycles. The molecule has 1 aromatic heterocycles. The summed E-state index contributed by atoms with van der Waals surface area (Å²) in [6.45, 7) is 0.614. The maximum atomic E-state index is 13.1. The molecule has 0 aliphatic carbocycles. The monoisotopic (exact) mass is 412 g/mol. The van der Waals surface area contributed by atoms with Crippen LogP contribution in [-0.2, 0) is 16.6 Å². The van der Waals surface area contributed by atoms with Crippen LogP contribution in [-0.4, -0.2) is 38.5 Å². The molecule has 0 unspecified atom stereocenters. The van der Waals surface area contributed by atoms with Crippen LogP contribution in [0.4, 0.5) is 0 Å². The van der Waals surface area contributed by atoms with E-state index >= 15 is 0 Å². The molecule has 2 aromatic carbocycles. The third-order valence-electron chi connectivity index (χ3n) is 4.05. The Bertz CT molecular complexity index is 1080. The molecule has 0 atom stereocenters. The van der Waals surface area contributed by atoms with E-state index in [4.69, 9.17) is 27.9 Å². The number of halogens is 2. The van der Waals surface area contributed by atoms with Gasteiger partial charge in [0.1, 0.15) is 10.6 Å². The first-order chi connectivity index (χ1) is 12.3. The van der Waals surface area contributed by atoms with E-state index in [0.717, 1.165) is 10.9 Å². The van der Waals surface area contributed by atoms with Crippen molar-refractivity contribution in [2.45, 2.75) is 11.4 Å². The van der Waals surface area contributed by atoms with Crippen LogP contribution < -0.4 is 4.74 Å². The van der Waals surface area contributed by atoms with Gasteiger partial charge in [0, 0.05) is 23.7 Å². The molecule has 0 aliphatic heterocycles. The lowest BCUT2D eigenvalue weighted by Crippen LogP contribution is -2.14. The lowest BCUT2D eigenvalue weighted by molar-refractivity contribution is 0.374. The van der Waals surface area contributed by atoms with Gasteiger partial charge in [0.25, 0.3) is 10.0 Å². The largest absolute Gasteiger partial charge is 0.496 e. The molecule has 138 valence electrons. The highest BCUT2D eigenvalue weighted by Crippen LogP contribution is 2.34. The maximum Gasteiger partial charge on any atom is 0.269 e. The number of hydrogen-bond acceptors (Lipinski definition) is 4. The number of nitrogens with zero attached hydrogens (tertiary/aromatic N) is 2. The van der Waals surface area contributed by atoms with Gasteiger partial charge in [-0.2, -0.15) is 0 Å². The molecular weight excluding hydrogens is 395 g/mol. The van der Waals surface area contributed by atoms with E-state index in [-0.39, 0.29) is 14.9 Å². The number of aromatic nitrogens is 1. The third-order valence-corrected chi connectivity index (χ3v) is 6.72. The Morgan fingerprint density at radius 3 is 2.50 bits per heavy atom. The second-order valence-corrected chi connectivity index (χ2v) is 8.65. The van der Waals surface area contributed by atoms with Crippen molar-refractivity contribution in [2.75, 3.05) is 21.2 Å². The number of hydrogen-bond donors (Lipinski definition) is 0. The normalized spacial score (nSPS) is 12.1. The fourth-order valence-corrected chi connectivity index (χ4v) is 4.99. The van der Waals surface area contributed by atoms with Crippen LogP contribution in [0.5, 0.6) is 5.75 Å². The number of methoxy groups -OCH3 is 1. The van der Waals surface area contributed by atoms with Gasteiger partial charge in [-0.25, -0.2) is 12.4 Å². The number of rotatable bonds is 5. The molecule has 26 heavy (non-hydrogen) atoms. The minimum absolute atomic E-state index is 0.0121. The summed E-state index contributed by atoms with van der Waals surface area (Å²) >= 11 is 12.1. The molecule has 0 aliphatic rings. The number of fused-ring (bicyclic) bond motifs is 1. The van der Waals surface area contributed by atoms with Crippen LogP contribution in [0, 0.1) is 0 Å². The number of ether oxygens (including phenoxy) is 1. The van der Waals surface area contributed by atoms with Gasteiger partial charge in [0.2, 0.25) is 0 Å². The van der Waals surface area contributed by atoms with Crippen molar-refractivity contribution < 1.29 is 13.2 Å². The van der Waals surface area contributed by atoms with Crippen LogP contribution in [0.1, 0.15) is 5.56 Å². The minimum Gasteiger partial charge on any atom is -0.496 e. The first kappa shape index (κ1) is 19.0. The van der Waals surface area contributed by atoms with E-state index in [0.29, 0.717) is 17.8 Å². The van der Waals surface area contributed by atoms with Crippen LogP contribution >= 0.6 is 23.2 Å². The summed E-state index contributed by atoms with van der Waals surface area (Å²) in [5, 5.41) is 1.01. The number of benzene rings is 2. The first-order valence-corrected chi connectivity index (χ1v) is 9.98. The standard InChI is InChI=1S/C18H18Cl2N2O3S/c1-21(2)11-13-12-9-10-22(15(12)7-8-16(13)25-3)26(23,24)17-6-4-5-14(19)18(17)20/h4-10H,11H2,1-3H3. The Labute approximate surface area is 162 Å². The molecule has 8 heteroatoms. The van der Waals surface area contributed by atoms with E-state index in [9.17, 15) is 8.42 Å². The van der Waals surface area contributed by atoms with E-state index in [1.54, 1.807) is 37.4 Å². The second-order valence-electron chi connectivity index (χ2n) is 6.09. The summed E-state index contributed by atoms with van der Waals surface area (Å²) in [4.78, 5) is 1.96. The average molecular weight is 413 g/mol. The van der Waals surface area contributed by atoms with Crippen molar-refractivity contribution in [3.63, 3.8) is 0 Å². The van der Waals surface area contributed by atoms with Crippen LogP contribution in [0.15, 0.2) is 47.5 Å². The van der Waals surface area contributed by atoms with Gasteiger partial charge in [0.05, 0.1) is 22.7 Å². The molecule has 0 saturated heterocycles. The summed E-state index contributed by atoms with van der Waals surface area (Å²) in [6, 6.07) is 9.83. The maximum absolute atomic E-state index is 13.1. The molecule has 0 amide bonds. The average Bonchev–Trinajstić information content (AvgIpc) is 3.02. The highest BCUT2D eigenvalue weighted by Gasteiger charge is 2.24. The van der Waals surface area contributed by atoms with Crippen LogP contribution in [0.3, 0.4) is 0 Å². The lowest BCUT2D eigenvalue weighted by atomic mass is 10.1. The van der Waals surface area contributed by atoms with E-state index < -0.39 is 10.0 Å². The molecule has 3 aromatic rings. The van der Waals surface area contributed by atoms with Crippen molar-refractivity contribution in [2.24, 2.45) is 0 Å². The summed E-state index contributed by atoms with van der Waals surface area (Å²) in [6.07, 6.45) is 1.52. The Balaban J connectivity index is 2.25. The molecule has 0 saturated carbocycles. The molecule has 0 bridgehead atoms. The molecule has 0 radical (unpaired) electrons. The molecule has 0 spiro atoms. The fourth-order valence-electron chi connectivity index (χ4n) is 2.90. The Morgan fingerprint density at radius 1 is 1.12 bits per heavy atom. The summed E-state index contributed by atoms with van der Waals surface area (Å²) in [7, 11) is 1.59. The quantitative estimate of drug-likeness (QED) is 0.628. The Kier molecular flexibility index (Phi) is 5.21.